The lowest BCUT2D eigenvalue weighted by Gasteiger charge is -2.13. The van der Waals surface area contributed by atoms with E-state index in [1.54, 1.807) is 18.3 Å². The maximum atomic E-state index is 13.4. The molecule has 1 aromatic heterocycles. The molecule has 7 heteroatoms. The van der Waals surface area contributed by atoms with Crippen molar-refractivity contribution in [1.82, 2.24) is 20.7 Å². The van der Waals surface area contributed by atoms with Crippen LogP contribution >= 0.6 is 0 Å². The molecule has 1 saturated heterocycles. The maximum absolute atomic E-state index is 13.4. The molecule has 6 nitrogen and oxygen atoms in total. The van der Waals surface area contributed by atoms with Crippen molar-refractivity contribution in [2.75, 3.05) is 0 Å². The number of nitrogens with zero attached hydrogens (tertiary/aromatic N) is 1. The average Bonchev–Trinajstić information content (AvgIpc) is 3.32. The summed E-state index contributed by atoms with van der Waals surface area (Å²) in [7, 11) is 0. The fraction of sp³-hybridized carbons (Fsp3) is 0.238. The second kappa shape index (κ2) is 6.54. The number of nitrogens with one attached hydrogen (secondary N) is 3. The van der Waals surface area contributed by atoms with Gasteiger partial charge in [0.15, 0.2) is 0 Å². The Balaban J connectivity index is 1.37. The number of aromatic nitrogens is 1. The van der Waals surface area contributed by atoms with Gasteiger partial charge in [-0.25, -0.2) is 15.2 Å². The van der Waals surface area contributed by atoms with Gasteiger partial charge in [0.2, 0.25) is 5.43 Å². The zero-order valence-corrected chi connectivity index (χ0v) is 15.0. The van der Waals surface area contributed by atoms with Crippen LogP contribution in [0.2, 0.25) is 0 Å². The maximum Gasteiger partial charge on any atom is 0.258 e. The molecule has 2 aromatic carbocycles. The van der Waals surface area contributed by atoms with E-state index in [2.05, 4.69) is 16.2 Å². The third kappa shape index (κ3) is 2.80. The molecular weight excluding hydrogens is 359 g/mol. The minimum Gasteiger partial charge on any atom is -0.346 e. The Morgan fingerprint density at radius 1 is 1.18 bits per heavy atom. The van der Waals surface area contributed by atoms with Crippen LogP contribution in [0.5, 0.6) is 0 Å². The van der Waals surface area contributed by atoms with E-state index in [9.17, 15) is 14.0 Å². The molecule has 0 bridgehead atoms. The number of halogens is 1. The Morgan fingerprint density at radius 3 is 2.89 bits per heavy atom. The fourth-order valence-electron chi connectivity index (χ4n) is 4.15. The smallest absolute Gasteiger partial charge is 0.258 e. The molecule has 2 unspecified atom stereocenters. The van der Waals surface area contributed by atoms with Crippen molar-refractivity contribution in [3.63, 3.8) is 0 Å². The predicted octanol–water partition coefficient (Wildman–Crippen LogP) is 1.99. The second-order valence-electron chi connectivity index (χ2n) is 7.29. The molecule has 0 radical (unpaired) electrons. The van der Waals surface area contributed by atoms with Gasteiger partial charge in [0.25, 0.3) is 5.91 Å². The number of carbonyl (C=O) groups excluding carboxylic acids is 1. The topological polar surface area (TPSA) is 75.2 Å². The largest absolute Gasteiger partial charge is 0.346 e. The number of para-hydroxylation sites is 1. The van der Waals surface area contributed by atoms with Crippen molar-refractivity contribution in [3.8, 4) is 0 Å². The number of benzene rings is 2. The molecule has 0 saturated carbocycles. The Bertz CT molecular complexity index is 1160. The first kappa shape index (κ1) is 17.1. The van der Waals surface area contributed by atoms with Crippen LogP contribution in [0.3, 0.4) is 0 Å². The van der Waals surface area contributed by atoms with Gasteiger partial charge in [-0.05, 0) is 35.7 Å². The minimum absolute atomic E-state index is 0.126. The lowest BCUT2D eigenvalue weighted by molar-refractivity contribution is 0.0930. The van der Waals surface area contributed by atoms with Crippen LogP contribution in [-0.4, -0.2) is 16.6 Å². The standard InChI is InChI=1S/C21H19FN4O2/c22-14-5-1-4-13(9-14)17-10-18(25-24-17)23-21(28)16-11-26-8-7-12-3-2-6-15(19(12)26)20(16)27/h1-6,9,11,17-18,24-25H,7-8,10H2,(H,23,28). The lowest BCUT2D eigenvalue weighted by atomic mass is 10.0. The second-order valence-corrected chi connectivity index (χ2v) is 7.29. The van der Waals surface area contributed by atoms with Gasteiger partial charge in [0, 0.05) is 30.6 Å². The van der Waals surface area contributed by atoms with Crippen LogP contribution in [0.25, 0.3) is 10.9 Å². The molecule has 5 rings (SSSR count). The van der Waals surface area contributed by atoms with Crippen molar-refractivity contribution in [3.05, 3.63) is 81.4 Å². The highest BCUT2D eigenvalue weighted by Gasteiger charge is 2.28. The van der Waals surface area contributed by atoms with Crippen LogP contribution in [0.4, 0.5) is 4.39 Å². The number of hydrogen-bond donors (Lipinski definition) is 3. The van der Waals surface area contributed by atoms with Crippen LogP contribution < -0.4 is 21.6 Å². The van der Waals surface area contributed by atoms with Crippen molar-refractivity contribution in [2.24, 2.45) is 0 Å². The van der Waals surface area contributed by atoms with Crippen molar-refractivity contribution >= 4 is 16.8 Å². The Morgan fingerprint density at radius 2 is 2.04 bits per heavy atom. The first-order valence-electron chi connectivity index (χ1n) is 9.32. The van der Waals surface area contributed by atoms with Gasteiger partial charge in [-0.2, -0.15) is 0 Å². The normalized spacial score (nSPS) is 20.6. The molecular formula is C21H19FN4O2. The monoisotopic (exact) mass is 378 g/mol. The third-order valence-corrected chi connectivity index (χ3v) is 5.51. The van der Waals surface area contributed by atoms with E-state index in [-0.39, 0.29) is 29.0 Å². The highest BCUT2D eigenvalue weighted by molar-refractivity contribution is 5.98. The van der Waals surface area contributed by atoms with Gasteiger partial charge >= 0.3 is 0 Å². The zero-order valence-electron chi connectivity index (χ0n) is 15.0. The van der Waals surface area contributed by atoms with E-state index in [1.807, 2.05) is 22.8 Å². The summed E-state index contributed by atoms with van der Waals surface area (Å²) >= 11 is 0. The van der Waals surface area contributed by atoms with Gasteiger partial charge in [-0.3, -0.25) is 9.59 Å². The van der Waals surface area contributed by atoms with Gasteiger partial charge in [0.1, 0.15) is 11.4 Å². The zero-order chi connectivity index (χ0) is 19.3. The quantitative estimate of drug-likeness (QED) is 0.652. The Hall–Kier alpha value is -3.03. The molecule has 142 valence electrons. The van der Waals surface area contributed by atoms with E-state index in [1.165, 1.54) is 12.1 Å². The van der Waals surface area contributed by atoms with E-state index in [0.29, 0.717) is 11.8 Å². The molecule has 3 aromatic rings. The lowest BCUT2D eigenvalue weighted by Crippen LogP contribution is -2.45. The molecule has 0 aliphatic carbocycles. The number of hydrazine groups is 1. The molecule has 2 aliphatic rings. The fourth-order valence-corrected chi connectivity index (χ4v) is 4.15. The molecule has 1 fully saturated rings. The molecule has 1 amide bonds. The summed E-state index contributed by atoms with van der Waals surface area (Å²) in [5.74, 6) is -0.708. The third-order valence-electron chi connectivity index (χ3n) is 5.51. The van der Waals surface area contributed by atoms with Crippen LogP contribution in [-0.2, 0) is 13.0 Å². The van der Waals surface area contributed by atoms with E-state index in [4.69, 9.17) is 0 Å². The summed E-state index contributed by atoms with van der Waals surface area (Å²) in [5.41, 5.74) is 8.83. The number of aryl methyl sites for hydroxylation is 2. The molecule has 0 spiro atoms. The van der Waals surface area contributed by atoms with Gasteiger partial charge in [-0.1, -0.05) is 24.3 Å². The Labute approximate surface area is 160 Å². The summed E-state index contributed by atoms with van der Waals surface area (Å²) in [5, 5.41) is 3.45. The summed E-state index contributed by atoms with van der Waals surface area (Å²) in [6.45, 7) is 0.765. The molecule has 28 heavy (non-hydrogen) atoms. The Kier molecular flexibility index (Phi) is 3.99. The van der Waals surface area contributed by atoms with Crippen molar-refractivity contribution < 1.29 is 9.18 Å². The minimum atomic E-state index is -0.410. The predicted molar refractivity (Wildman–Crippen MR) is 103 cm³/mol. The number of hydrogen-bond acceptors (Lipinski definition) is 4. The summed E-state index contributed by atoms with van der Waals surface area (Å²) < 4.78 is 15.4. The number of rotatable bonds is 3. The van der Waals surface area contributed by atoms with E-state index in [0.717, 1.165) is 29.6 Å². The first-order chi connectivity index (χ1) is 13.6. The molecule has 2 atom stereocenters. The molecule has 2 aliphatic heterocycles. The summed E-state index contributed by atoms with van der Waals surface area (Å²) in [6, 6.07) is 11.9. The molecule has 3 N–H and O–H groups in total. The van der Waals surface area contributed by atoms with E-state index >= 15 is 0 Å². The number of amides is 1. The number of pyridine rings is 1. The number of carbonyl (C=O) groups is 1. The summed E-state index contributed by atoms with van der Waals surface area (Å²) in [6.07, 6.45) is 2.70. The van der Waals surface area contributed by atoms with Crippen LogP contribution in [0.1, 0.15) is 33.9 Å². The van der Waals surface area contributed by atoms with Crippen LogP contribution in [0, 0.1) is 5.82 Å². The van der Waals surface area contributed by atoms with Crippen molar-refractivity contribution in [1.29, 1.82) is 0 Å². The SMILES string of the molecule is O=C(NC1CC(c2cccc(F)c2)NN1)c1cn2c3c(cccc3c1=O)CC2. The first-order valence-corrected chi connectivity index (χ1v) is 9.32. The van der Waals surface area contributed by atoms with Crippen molar-refractivity contribution in [2.45, 2.75) is 31.6 Å². The highest BCUT2D eigenvalue weighted by Crippen LogP contribution is 2.24. The van der Waals surface area contributed by atoms with E-state index < -0.39 is 5.91 Å². The average molecular weight is 378 g/mol. The van der Waals surface area contributed by atoms with Crippen LogP contribution in [0.15, 0.2) is 53.5 Å². The van der Waals surface area contributed by atoms with Gasteiger partial charge < -0.3 is 9.88 Å². The summed E-state index contributed by atoms with van der Waals surface area (Å²) in [4.78, 5) is 25.6. The molecule has 3 heterocycles. The van der Waals surface area contributed by atoms with Gasteiger partial charge in [-0.15, -0.1) is 0 Å². The van der Waals surface area contributed by atoms with Gasteiger partial charge in [0.05, 0.1) is 11.7 Å². The highest BCUT2D eigenvalue weighted by atomic mass is 19.1.